The van der Waals surface area contributed by atoms with Crippen molar-refractivity contribution >= 4 is 40.7 Å². The van der Waals surface area contributed by atoms with Crippen molar-refractivity contribution in [2.45, 2.75) is 0 Å². The van der Waals surface area contributed by atoms with Gasteiger partial charge in [-0.05, 0) is 0 Å². The van der Waals surface area contributed by atoms with Crippen molar-refractivity contribution in [2.24, 2.45) is 0 Å². The monoisotopic (exact) mass is 122 g/mol. The number of hydrogen-bond acceptors (Lipinski definition) is 1. The molecule has 0 amide bonds. The Labute approximate surface area is 46.0 Å². The molecule has 4 heteroatoms. The predicted octanol–water partition coefficient (Wildman–Crippen LogP) is 0.585. The minimum atomic E-state index is -0.444. The normalized spacial score (nSPS) is 5.20. The summed E-state index contributed by atoms with van der Waals surface area (Å²) in [6.07, 6.45) is 0. The van der Waals surface area contributed by atoms with Crippen LogP contribution in [0.1, 0.15) is 0 Å². The average molecular weight is 122 g/mol. The molecule has 0 fully saturated rings. The lowest BCUT2D eigenvalue weighted by molar-refractivity contribution is 0.277. The Kier molecular flexibility index (Phi) is 8.38. The summed E-state index contributed by atoms with van der Waals surface area (Å²) >= 11 is 6.38. The molecule has 0 aliphatic heterocycles. The first-order valence-corrected chi connectivity index (χ1v) is 1.55. The Balaban J connectivity index is 0. The van der Waals surface area contributed by atoms with Crippen LogP contribution in [0.15, 0.2) is 0 Å². The molecule has 0 saturated carbocycles. The third kappa shape index (κ3) is 89.1. The van der Waals surface area contributed by atoms with Gasteiger partial charge in [-0.15, -0.1) is 0 Å². The van der Waals surface area contributed by atoms with Gasteiger partial charge >= 0.3 is 0 Å². The molecule has 28 valence electrons. The van der Waals surface area contributed by atoms with Crippen LogP contribution in [0, 0.1) is 0 Å². The van der Waals surface area contributed by atoms with Gasteiger partial charge in [0.1, 0.15) is 0 Å². The highest BCUT2D eigenvalue weighted by Crippen LogP contribution is 1.81. The summed E-state index contributed by atoms with van der Waals surface area (Å²) in [7, 11) is 0. The van der Waals surface area contributed by atoms with E-state index in [1.54, 1.807) is 0 Å². The van der Waals surface area contributed by atoms with Crippen LogP contribution < -0.4 is 0 Å². The van der Waals surface area contributed by atoms with Crippen LogP contribution in [0.4, 0.5) is 4.79 Å². The molecule has 0 unspecified atom stereocenters. The van der Waals surface area contributed by atoms with Crippen LogP contribution in [0.3, 0.4) is 0 Å². The zero-order valence-electron chi connectivity index (χ0n) is 2.30. The summed E-state index contributed by atoms with van der Waals surface area (Å²) in [5.74, 6) is 0. The molecule has 0 N–H and O–H groups in total. The van der Waals surface area contributed by atoms with Crippen molar-refractivity contribution in [3.05, 3.63) is 0 Å². The number of hydrogen-bond donors (Lipinski definition) is 2. The SMILES string of the molecule is O=C(S)S.[Si]. The zero-order valence-corrected chi connectivity index (χ0v) is 5.09. The number of carbonyl (C=O) groups is 1. The molecular formula is CH2OS2Si. The van der Waals surface area contributed by atoms with Gasteiger partial charge in [-0.2, -0.15) is 0 Å². The fourth-order valence-electron chi connectivity index (χ4n) is 0. The van der Waals surface area contributed by atoms with Crippen molar-refractivity contribution in [3.63, 3.8) is 0 Å². The van der Waals surface area contributed by atoms with Crippen molar-refractivity contribution in [1.82, 2.24) is 0 Å². The van der Waals surface area contributed by atoms with E-state index in [0.29, 0.717) is 0 Å². The van der Waals surface area contributed by atoms with E-state index in [-0.39, 0.29) is 11.0 Å². The van der Waals surface area contributed by atoms with Gasteiger partial charge in [-0.3, -0.25) is 4.79 Å². The first kappa shape index (κ1) is 9.14. The molecule has 0 rings (SSSR count). The minimum absolute atomic E-state index is 0. The van der Waals surface area contributed by atoms with Gasteiger partial charge in [0.25, 0.3) is 0 Å². The molecule has 0 aromatic heterocycles. The second-order valence-electron chi connectivity index (χ2n) is 0.283. The topological polar surface area (TPSA) is 17.1 Å². The highest BCUT2D eigenvalue weighted by atomic mass is 32.2. The van der Waals surface area contributed by atoms with E-state index < -0.39 is 4.45 Å². The highest BCUT2D eigenvalue weighted by Gasteiger charge is 1.65. The van der Waals surface area contributed by atoms with E-state index in [9.17, 15) is 4.79 Å². The first-order chi connectivity index (χ1) is 1.73. The minimum Gasteiger partial charge on any atom is -0.275 e. The molecule has 0 saturated heterocycles. The molecule has 0 aromatic carbocycles. The van der Waals surface area contributed by atoms with Gasteiger partial charge in [-0.1, -0.05) is 25.3 Å². The maximum absolute atomic E-state index is 9.17. The third-order valence-corrected chi connectivity index (χ3v) is 0. The van der Waals surface area contributed by atoms with E-state index in [2.05, 4.69) is 25.3 Å². The van der Waals surface area contributed by atoms with Gasteiger partial charge in [0.2, 0.25) is 4.45 Å². The zero-order chi connectivity index (χ0) is 3.58. The molecule has 0 bridgehead atoms. The second-order valence-corrected chi connectivity index (χ2v) is 1.45. The summed E-state index contributed by atoms with van der Waals surface area (Å²) in [6, 6.07) is 0. The van der Waals surface area contributed by atoms with Crippen LogP contribution in [-0.4, -0.2) is 15.4 Å². The van der Waals surface area contributed by atoms with Gasteiger partial charge in [0.15, 0.2) is 0 Å². The predicted molar refractivity (Wildman–Crippen MR) is 29.1 cm³/mol. The fourth-order valence-corrected chi connectivity index (χ4v) is 0. The Hall–Kier alpha value is 0.587. The smallest absolute Gasteiger partial charge is 0.239 e. The number of rotatable bonds is 0. The Morgan fingerprint density at radius 1 is 1.40 bits per heavy atom. The van der Waals surface area contributed by atoms with Crippen LogP contribution in [0.25, 0.3) is 0 Å². The number of carbonyl (C=O) groups excluding carboxylic acids is 1. The lowest BCUT2D eigenvalue weighted by atomic mass is 11.8. The van der Waals surface area contributed by atoms with Gasteiger partial charge < -0.3 is 0 Å². The molecule has 0 spiro atoms. The lowest BCUT2D eigenvalue weighted by Gasteiger charge is -1.54. The number of thiol groups is 2. The Morgan fingerprint density at radius 3 is 1.40 bits per heavy atom. The molecule has 4 radical (unpaired) electrons. The van der Waals surface area contributed by atoms with Crippen LogP contribution in [0.5, 0.6) is 0 Å². The van der Waals surface area contributed by atoms with Crippen LogP contribution in [-0.2, 0) is 0 Å². The van der Waals surface area contributed by atoms with Crippen molar-refractivity contribution in [3.8, 4) is 0 Å². The van der Waals surface area contributed by atoms with Crippen molar-refractivity contribution in [2.75, 3.05) is 0 Å². The quantitative estimate of drug-likeness (QED) is 0.355. The second kappa shape index (κ2) is 4.59. The molecule has 5 heavy (non-hydrogen) atoms. The van der Waals surface area contributed by atoms with Gasteiger partial charge in [0, 0.05) is 11.0 Å². The molecular weight excluding hydrogens is 120 g/mol. The van der Waals surface area contributed by atoms with Crippen LogP contribution >= 0.6 is 25.3 Å². The largest absolute Gasteiger partial charge is 0.275 e. The van der Waals surface area contributed by atoms with E-state index >= 15 is 0 Å². The lowest BCUT2D eigenvalue weighted by Crippen LogP contribution is -1.47. The standard InChI is InChI=1S/CH2OS2.Si/c2-1(3)4;/h(H2,2,3,4);. The summed E-state index contributed by atoms with van der Waals surface area (Å²) in [4.78, 5) is 9.17. The molecule has 1 nitrogen and oxygen atoms in total. The Bertz CT molecular complexity index is 32.6. The highest BCUT2D eigenvalue weighted by molar-refractivity contribution is 8.23. The molecule has 0 atom stereocenters. The maximum atomic E-state index is 9.17. The van der Waals surface area contributed by atoms with Gasteiger partial charge in [0.05, 0.1) is 0 Å². The molecule has 0 aliphatic carbocycles. The molecule has 0 aromatic rings. The molecule has 0 heterocycles. The summed E-state index contributed by atoms with van der Waals surface area (Å²) in [6.45, 7) is 0. The first-order valence-electron chi connectivity index (χ1n) is 0.651. The van der Waals surface area contributed by atoms with Gasteiger partial charge in [-0.25, -0.2) is 0 Å². The van der Waals surface area contributed by atoms with E-state index in [1.165, 1.54) is 0 Å². The van der Waals surface area contributed by atoms with Crippen LogP contribution in [0.2, 0.25) is 0 Å². The Morgan fingerprint density at radius 2 is 1.40 bits per heavy atom. The summed E-state index contributed by atoms with van der Waals surface area (Å²) < 4.78 is -0.444. The van der Waals surface area contributed by atoms with E-state index in [0.717, 1.165) is 0 Å². The van der Waals surface area contributed by atoms with Crippen molar-refractivity contribution < 1.29 is 4.79 Å². The third-order valence-electron chi connectivity index (χ3n) is 0. The van der Waals surface area contributed by atoms with Crippen molar-refractivity contribution in [1.29, 1.82) is 0 Å². The average Bonchev–Trinajstić information content (AvgIpc) is 0.811. The molecule has 0 aliphatic rings. The summed E-state index contributed by atoms with van der Waals surface area (Å²) in [5, 5.41) is 0. The fraction of sp³-hybridized carbons (Fsp3) is 0. The van der Waals surface area contributed by atoms with E-state index in [1.807, 2.05) is 0 Å². The summed E-state index contributed by atoms with van der Waals surface area (Å²) in [5.41, 5.74) is 0. The van der Waals surface area contributed by atoms with E-state index in [4.69, 9.17) is 0 Å². The maximum Gasteiger partial charge on any atom is 0.239 e.